The van der Waals surface area contributed by atoms with Crippen molar-refractivity contribution in [3.05, 3.63) is 59.7 Å². The van der Waals surface area contributed by atoms with E-state index in [0.717, 1.165) is 12.1 Å². The highest BCUT2D eigenvalue weighted by Gasteiger charge is 2.22. The Morgan fingerprint density at radius 2 is 2.16 bits per heavy atom. The molecule has 1 aliphatic carbocycles. The van der Waals surface area contributed by atoms with Gasteiger partial charge in [-0.15, -0.1) is 0 Å². The minimum Gasteiger partial charge on any atom is -0.323 e. The van der Waals surface area contributed by atoms with Crippen LogP contribution in [0.4, 0.5) is 0 Å². The molecule has 0 saturated carbocycles. The summed E-state index contributed by atoms with van der Waals surface area (Å²) in [6.07, 6.45) is 9.82. The topological polar surface area (TPSA) is 51.8 Å². The van der Waals surface area contributed by atoms with Gasteiger partial charge in [-0.05, 0) is 42.7 Å². The van der Waals surface area contributed by atoms with Crippen LogP contribution in [0.15, 0.2) is 42.9 Å². The van der Waals surface area contributed by atoms with Crippen LogP contribution in [0.5, 0.6) is 0 Å². The zero-order chi connectivity index (χ0) is 13.1. The Morgan fingerprint density at radius 1 is 1.26 bits per heavy atom. The van der Waals surface area contributed by atoms with Crippen LogP contribution in [0.1, 0.15) is 48.0 Å². The van der Waals surface area contributed by atoms with Gasteiger partial charge >= 0.3 is 0 Å². The lowest BCUT2D eigenvalue weighted by atomic mass is 9.79. The van der Waals surface area contributed by atoms with Crippen molar-refractivity contribution in [3.8, 4) is 0 Å². The number of fused-ring (bicyclic) bond motifs is 1. The van der Waals surface area contributed by atoms with E-state index in [1.807, 2.05) is 0 Å². The number of aryl methyl sites for hydroxylation is 1. The molecule has 1 heterocycles. The predicted molar refractivity (Wildman–Crippen MR) is 75.7 cm³/mol. The first-order valence-corrected chi connectivity index (χ1v) is 6.94. The average molecular weight is 253 g/mol. The Bertz CT molecular complexity index is 539. The summed E-state index contributed by atoms with van der Waals surface area (Å²) < 4.78 is 0. The van der Waals surface area contributed by atoms with Crippen molar-refractivity contribution >= 4 is 0 Å². The third-order valence-electron chi connectivity index (χ3n) is 4.00. The number of hydrogen-bond donors (Lipinski definition) is 1. The third-order valence-corrected chi connectivity index (χ3v) is 4.00. The number of hydrogen-bond acceptors (Lipinski definition) is 3. The molecule has 1 aliphatic rings. The molecule has 2 atom stereocenters. The number of nitrogens with two attached hydrogens (primary N) is 1. The van der Waals surface area contributed by atoms with Gasteiger partial charge in [0.05, 0.1) is 5.69 Å². The third kappa shape index (κ3) is 2.66. The molecule has 2 aromatic rings. The highest BCUT2D eigenvalue weighted by Crippen LogP contribution is 2.36. The highest BCUT2D eigenvalue weighted by atomic mass is 14.8. The molecule has 1 aromatic heterocycles. The molecule has 0 amide bonds. The van der Waals surface area contributed by atoms with Gasteiger partial charge in [0.15, 0.2) is 0 Å². The molecular formula is C16H19N3. The van der Waals surface area contributed by atoms with Crippen LogP contribution in [-0.4, -0.2) is 9.97 Å². The molecule has 0 saturated heterocycles. The van der Waals surface area contributed by atoms with Gasteiger partial charge in [-0.3, -0.25) is 9.97 Å². The summed E-state index contributed by atoms with van der Waals surface area (Å²) >= 11 is 0. The molecule has 3 rings (SSSR count). The molecular weight excluding hydrogens is 234 g/mol. The zero-order valence-corrected chi connectivity index (χ0v) is 11.0. The largest absolute Gasteiger partial charge is 0.323 e. The van der Waals surface area contributed by atoms with Crippen molar-refractivity contribution in [1.82, 2.24) is 9.97 Å². The van der Waals surface area contributed by atoms with E-state index in [1.165, 1.54) is 30.4 Å². The second kappa shape index (κ2) is 5.49. The maximum Gasteiger partial charge on any atom is 0.0754 e. The highest BCUT2D eigenvalue weighted by molar-refractivity contribution is 5.32. The maximum absolute atomic E-state index is 6.28. The van der Waals surface area contributed by atoms with Crippen molar-refractivity contribution in [2.75, 3.05) is 0 Å². The van der Waals surface area contributed by atoms with E-state index in [-0.39, 0.29) is 6.04 Å². The van der Waals surface area contributed by atoms with Gasteiger partial charge in [0.2, 0.25) is 0 Å². The fraction of sp³-hybridized carbons (Fsp3) is 0.375. The Labute approximate surface area is 113 Å². The van der Waals surface area contributed by atoms with Crippen molar-refractivity contribution in [3.63, 3.8) is 0 Å². The van der Waals surface area contributed by atoms with E-state index in [9.17, 15) is 0 Å². The van der Waals surface area contributed by atoms with E-state index in [1.54, 1.807) is 18.6 Å². The molecule has 2 N–H and O–H groups in total. The minimum absolute atomic E-state index is 0.0233. The van der Waals surface area contributed by atoms with Crippen LogP contribution < -0.4 is 5.73 Å². The van der Waals surface area contributed by atoms with Gasteiger partial charge in [0.25, 0.3) is 0 Å². The smallest absolute Gasteiger partial charge is 0.0754 e. The molecule has 0 bridgehead atoms. The fourth-order valence-electron chi connectivity index (χ4n) is 3.03. The summed E-state index contributed by atoms with van der Waals surface area (Å²) in [4.78, 5) is 8.41. The number of benzene rings is 1. The monoisotopic (exact) mass is 253 g/mol. The minimum atomic E-state index is -0.0233. The predicted octanol–water partition coefficient (Wildman–Crippen LogP) is 2.99. The van der Waals surface area contributed by atoms with Gasteiger partial charge in [0.1, 0.15) is 0 Å². The van der Waals surface area contributed by atoms with Gasteiger partial charge in [-0.25, -0.2) is 0 Å². The number of aromatic nitrogens is 2. The van der Waals surface area contributed by atoms with Crippen molar-refractivity contribution < 1.29 is 0 Å². The van der Waals surface area contributed by atoms with Gasteiger partial charge in [-0.2, -0.15) is 0 Å². The lowest BCUT2D eigenvalue weighted by molar-refractivity contribution is 0.471. The molecule has 3 nitrogen and oxygen atoms in total. The Hall–Kier alpha value is -1.74. The molecule has 0 spiro atoms. The van der Waals surface area contributed by atoms with Crippen LogP contribution in [0.2, 0.25) is 0 Å². The van der Waals surface area contributed by atoms with E-state index in [2.05, 4.69) is 34.2 Å². The number of nitrogens with zero attached hydrogens (tertiary/aromatic N) is 2. The maximum atomic E-state index is 6.28. The summed E-state index contributed by atoms with van der Waals surface area (Å²) in [5.41, 5.74) is 10.1. The molecule has 3 heteroatoms. The SMILES string of the molecule is NC(CC1CCCc2ccccc21)c1cnccn1. The Kier molecular flexibility index (Phi) is 3.56. The normalized spacial score (nSPS) is 19.7. The average Bonchev–Trinajstić information content (AvgIpc) is 2.48. The fourth-order valence-corrected chi connectivity index (χ4v) is 3.03. The van der Waals surface area contributed by atoms with Crippen LogP contribution in [-0.2, 0) is 6.42 Å². The van der Waals surface area contributed by atoms with Crippen LogP contribution >= 0.6 is 0 Å². The second-order valence-electron chi connectivity index (χ2n) is 5.26. The standard InChI is InChI=1S/C16H19N3/c17-15(16-11-18-8-9-19-16)10-13-6-3-5-12-4-1-2-7-14(12)13/h1-2,4,7-9,11,13,15H,3,5-6,10,17H2. The van der Waals surface area contributed by atoms with E-state index in [0.29, 0.717) is 5.92 Å². The van der Waals surface area contributed by atoms with E-state index < -0.39 is 0 Å². The van der Waals surface area contributed by atoms with Crippen LogP contribution in [0.3, 0.4) is 0 Å². The lowest BCUT2D eigenvalue weighted by Gasteiger charge is -2.27. The Morgan fingerprint density at radius 3 is 3.00 bits per heavy atom. The van der Waals surface area contributed by atoms with E-state index in [4.69, 9.17) is 5.73 Å². The summed E-state index contributed by atoms with van der Waals surface area (Å²) in [6, 6.07) is 8.73. The van der Waals surface area contributed by atoms with Gasteiger partial charge in [-0.1, -0.05) is 24.3 Å². The number of rotatable bonds is 3. The first-order chi connectivity index (χ1) is 9.34. The second-order valence-corrected chi connectivity index (χ2v) is 5.26. The van der Waals surface area contributed by atoms with Crippen LogP contribution in [0, 0.1) is 0 Å². The molecule has 19 heavy (non-hydrogen) atoms. The van der Waals surface area contributed by atoms with Gasteiger partial charge in [0, 0.05) is 24.6 Å². The molecule has 0 aliphatic heterocycles. The van der Waals surface area contributed by atoms with Crippen molar-refractivity contribution in [2.24, 2.45) is 5.73 Å². The molecule has 0 fully saturated rings. The summed E-state index contributed by atoms with van der Waals surface area (Å²) in [7, 11) is 0. The van der Waals surface area contributed by atoms with Crippen LogP contribution in [0.25, 0.3) is 0 Å². The molecule has 98 valence electrons. The molecule has 2 unspecified atom stereocenters. The molecule has 1 aromatic carbocycles. The molecule has 0 radical (unpaired) electrons. The Balaban J connectivity index is 1.78. The first-order valence-electron chi connectivity index (χ1n) is 6.94. The quantitative estimate of drug-likeness (QED) is 0.915. The summed E-state index contributed by atoms with van der Waals surface area (Å²) in [5.74, 6) is 0.557. The lowest BCUT2D eigenvalue weighted by Crippen LogP contribution is -2.19. The van der Waals surface area contributed by atoms with Gasteiger partial charge < -0.3 is 5.73 Å². The van der Waals surface area contributed by atoms with E-state index >= 15 is 0 Å². The summed E-state index contributed by atoms with van der Waals surface area (Å²) in [6.45, 7) is 0. The summed E-state index contributed by atoms with van der Waals surface area (Å²) in [5, 5.41) is 0. The first kappa shape index (κ1) is 12.3. The zero-order valence-electron chi connectivity index (χ0n) is 11.0. The van der Waals surface area contributed by atoms with Crippen molar-refractivity contribution in [1.29, 1.82) is 0 Å². The van der Waals surface area contributed by atoms with Crippen molar-refractivity contribution in [2.45, 2.75) is 37.6 Å².